The zero-order valence-electron chi connectivity index (χ0n) is 12.1. The van der Waals surface area contributed by atoms with E-state index in [0.717, 1.165) is 6.42 Å². The van der Waals surface area contributed by atoms with Crippen molar-refractivity contribution in [3.05, 3.63) is 33.9 Å². The first kappa shape index (κ1) is 15.2. The summed E-state index contributed by atoms with van der Waals surface area (Å²) in [6.07, 6.45) is 0.912. The highest BCUT2D eigenvalue weighted by Gasteiger charge is 2.25. The molecule has 2 atom stereocenters. The van der Waals surface area contributed by atoms with E-state index in [-0.39, 0.29) is 29.1 Å². The number of nitro groups is 1. The molecule has 0 spiro atoms. The Morgan fingerprint density at radius 3 is 2.86 bits per heavy atom. The summed E-state index contributed by atoms with van der Waals surface area (Å²) in [4.78, 5) is 22.7. The number of non-ortho nitro benzene ring substituents is 1. The number of amides is 1. The second-order valence-corrected chi connectivity index (χ2v) is 5.12. The van der Waals surface area contributed by atoms with Gasteiger partial charge in [-0.2, -0.15) is 0 Å². The van der Waals surface area contributed by atoms with Crippen LogP contribution in [0.3, 0.4) is 0 Å². The molecule has 2 unspecified atom stereocenters. The van der Waals surface area contributed by atoms with E-state index in [0.29, 0.717) is 18.9 Å². The Bertz CT molecular complexity index is 541. The highest BCUT2D eigenvalue weighted by Crippen LogP contribution is 2.23. The smallest absolute Gasteiger partial charge is 0.270 e. The third kappa shape index (κ3) is 3.49. The number of ether oxygens (including phenoxy) is 1. The van der Waals surface area contributed by atoms with Crippen LogP contribution in [-0.4, -0.2) is 37.1 Å². The van der Waals surface area contributed by atoms with Gasteiger partial charge >= 0.3 is 0 Å². The molecule has 114 valence electrons. The topological polar surface area (TPSA) is 93.5 Å². The van der Waals surface area contributed by atoms with Gasteiger partial charge < -0.3 is 15.4 Å². The second kappa shape index (κ2) is 6.53. The lowest BCUT2D eigenvalue weighted by molar-refractivity contribution is -0.384. The molecular weight excluding hydrogens is 274 g/mol. The Morgan fingerprint density at radius 1 is 1.52 bits per heavy atom. The maximum Gasteiger partial charge on any atom is 0.270 e. The van der Waals surface area contributed by atoms with Crippen molar-refractivity contribution in [1.29, 1.82) is 0 Å². The molecule has 2 rings (SSSR count). The van der Waals surface area contributed by atoms with Gasteiger partial charge in [0.2, 0.25) is 0 Å². The summed E-state index contributed by atoms with van der Waals surface area (Å²) in [5, 5.41) is 16.6. The molecular formula is C14H19N3O4. The van der Waals surface area contributed by atoms with Crippen molar-refractivity contribution in [1.82, 2.24) is 5.32 Å². The summed E-state index contributed by atoms with van der Waals surface area (Å²) in [5.74, 6) is -0.0341. The molecule has 0 radical (unpaired) electrons. The van der Waals surface area contributed by atoms with Crippen LogP contribution in [0.4, 0.5) is 11.4 Å². The molecule has 0 bridgehead atoms. The first-order valence-electron chi connectivity index (χ1n) is 6.87. The average molecular weight is 293 g/mol. The third-order valence-corrected chi connectivity index (χ3v) is 3.76. The minimum atomic E-state index is -0.509. The van der Waals surface area contributed by atoms with E-state index in [9.17, 15) is 14.9 Å². The lowest BCUT2D eigenvalue weighted by Crippen LogP contribution is -2.38. The Morgan fingerprint density at radius 2 is 2.29 bits per heavy atom. The van der Waals surface area contributed by atoms with Crippen LogP contribution in [0, 0.1) is 16.0 Å². The number of nitrogens with one attached hydrogen (secondary N) is 2. The number of hydrogen-bond donors (Lipinski definition) is 2. The van der Waals surface area contributed by atoms with Crippen molar-refractivity contribution in [2.24, 2.45) is 5.92 Å². The van der Waals surface area contributed by atoms with Crippen molar-refractivity contribution >= 4 is 17.3 Å². The van der Waals surface area contributed by atoms with Crippen molar-refractivity contribution in [2.45, 2.75) is 19.4 Å². The fourth-order valence-corrected chi connectivity index (χ4v) is 2.40. The summed E-state index contributed by atoms with van der Waals surface area (Å²) in [6.45, 7) is 3.27. The first-order valence-corrected chi connectivity index (χ1v) is 6.87. The molecule has 1 aromatic rings. The SMILES string of the molecule is CNc1ccc([N+](=O)[O-])cc1C(=O)NC(C)C1CCOC1. The van der Waals surface area contributed by atoms with Crippen molar-refractivity contribution in [3.8, 4) is 0 Å². The van der Waals surface area contributed by atoms with E-state index >= 15 is 0 Å². The first-order chi connectivity index (χ1) is 10.0. The molecule has 1 amide bonds. The van der Waals surface area contributed by atoms with E-state index in [1.807, 2.05) is 6.92 Å². The van der Waals surface area contributed by atoms with Gasteiger partial charge in [0, 0.05) is 43.4 Å². The lowest BCUT2D eigenvalue weighted by Gasteiger charge is -2.20. The largest absolute Gasteiger partial charge is 0.387 e. The number of anilines is 1. The number of carbonyl (C=O) groups is 1. The summed E-state index contributed by atoms with van der Waals surface area (Å²) >= 11 is 0. The molecule has 7 nitrogen and oxygen atoms in total. The van der Waals surface area contributed by atoms with Gasteiger partial charge in [0.1, 0.15) is 0 Å². The molecule has 0 aliphatic carbocycles. The highest BCUT2D eigenvalue weighted by molar-refractivity contribution is 6.00. The monoisotopic (exact) mass is 293 g/mol. The summed E-state index contributed by atoms with van der Waals surface area (Å²) in [6, 6.07) is 4.16. The molecule has 0 saturated carbocycles. The van der Waals surface area contributed by atoms with E-state index in [1.54, 1.807) is 7.05 Å². The van der Waals surface area contributed by atoms with Crippen LogP contribution in [-0.2, 0) is 4.74 Å². The van der Waals surface area contributed by atoms with Crippen LogP contribution in [0.1, 0.15) is 23.7 Å². The van der Waals surface area contributed by atoms with E-state index in [2.05, 4.69) is 10.6 Å². The van der Waals surface area contributed by atoms with Gasteiger partial charge in [-0.15, -0.1) is 0 Å². The Kier molecular flexibility index (Phi) is 4.74. The minimum absolute atomic E-state index is 0.0380. The van der Waals surface area contributed by atoms with Crippen molar-refractivity contribution < 1.29 is 14.5 Å². The molecule has 2 N–H and O–H groups in total. The average Bonchev–Trinajstić information content (AvgIpc) is 3.00. The normalized spacial score (nSPS) is 19.0. The standard InChI is InChI=1S/C14H19N3O4/c1-9(10-5-6-21-8-10)16-14(18)12-7-11(17(19)20)3-4-13(12)15-2/h3-4,7,9-10,15H,5-6,8H2,1-2H3,(H,16,18). The summed E-state index contributed by atoms with van der Waals surface area (Å²) < 4.78 is 5.31. The molecule has 21 heavy (non-hydrogen) atoms. The molecule has 1 aliphatic rings. The predicted octanol–water partition coefficient (Wildman–Crippen LogP) is 1.79. The summed E-state index contributed by atoms with van der Waals surface area (Å²) in [5.41, 5.74) is 0.737. The second-order valence-electron chi connectivity index (χ2n) is 5.12. The third-order valence-electron chi connectivity index (χ3n) is 3.76. The zero-order valence-corrected chi connectivity index (χ0v) is 12.1. The number of nitro benzene ring substituents is 1. The van der Waals surface area contributed by atoms with Gasteiger partial charge in [0.05, 0.1) is 17.1 Å². The molecule has 7 heteroatoms. The number of carbonyl (C=O) groups excluding carboxylic acids is 1. The van der Waals surface area contributed by atoms with Crippen molar-refractivity contribution in [3.63, 3.8) is 0 Å². The molecule has 1 aliphatic heterocycles. The Balaban J connectivity index is 2.16. The molecule has 1 heterocycles. The van der Waals surface area contributed by atoms with Crippen LogP contribution >= 0.6 is 0 Å². The fraction of sp³-hybridized carbons (Fsp3) is 0.500. The highest BCUT2D eigenvalue weighted by atomic mass is 16.6. The quantitative estimate of drug-likeness (QED) is 0.637. The van der Waals surface area contributed by atoms with E-state index in [4.69, 9.17) is 4.74 Å². The van der Waals surface area contributed by atoms with E-state index in [1.165, 1.54) is 18.2 Å². The van der Waals surface area contributed by atoms with Gasteiger partial charge in [0.15, 0.2) is 0 Å². The predicted molar refractivity (Wildman–Crippen MR) is 78.5 cm³/mol. The summed E-state index contributed by atoms with van der Waals surface area (Å²) in [7, 11) is 1.67. The lowest BCUT2D eigenvalue weighted by atomic mass is 10.00. The number of hydrogen-bond acceptors (Lipinski definition) is 5. The Labute approximate surface area is 122 Å². The Hall–Kier alpha value is -2.15. The molecule has 1 saturated heterocycles. The van der Waals surface area contributed by atoms with Gasteiger partial charge in [-0.1, -0.05) is 0 Å². The van der Waals surface area contributed by atoms with Crippen LogP contribution in [0.15, 0.2) is 18.2 Å². The van der Waals surface area contributed by atoms with Crippen molar-refractivity contribution in [2.75, 3.05) is 25.6 Å². The van der Waals surface area contributed by atoms with Crippen LogP contribution in [0.5, 0.6) is 0 Å². The van der Waals surface area contributed by atoms with E-state index < -0.39 is 4.92 Å². The number of rotatable bonds is 5. The fourth-order valence-electron chi connectivity index (χ4n) is 2.40. The van der Waals surface area contributed by atoms with Gasteiger partial charge in [0.25, 0.3) is 11.6 Å². The van der Waals surface area contributed by atoms with Crippen LogP contribution in [0.2, 0.25) is 0 Å². The van der Waals surface area contributed by atoms with Crippen LogP contribution in [0.25, 0.3) is 0 Å². The maximum atomic E-state index is 12.4. The maximum absolute atomic E-state index is 12.4. The van der Waals surface area contributed by atoms with Gasteiger partial charge in [-0.3, -0.25) is 14.9 Å². The molecule has 0 aromatic heterocycles. The zero-order chi connectivity index (χ0) is 15.4. The molecule has 1 aromatic carbocycles. The number of benzene rings is 1. The van der Waals surface area contributed by atoms with Gasteiger partial charge in [-0.25, -0.2) is 0 Å². The van der Waals surface area contributed by atoms with Crippen LogP contribution < -0.4 is 10.6 Å². The minimum Gasteiger partial charge on any atom is -0.387 e. The van der Waals surface area contributed by atoms with Gasteiger partial charge in [-0.05, 0) is 19.4 Å². The number of nitrogens with zero attached hydrogens (tertiary/aromatic N) is 1. The molecule has 1 fully saturated rings.